The highest BCUT2D eigenvalue weighted by molar-refractivity contribution is 9.10. The van der Waals surface area contributed by atoms with Crippen LogP contribution >= 0.6 is 27.7 Å². The Kier molecular flexibility index (Phi) is 6.15. The van der Waals surface area contributed by atoms with Crippen LogP contribution in [0.25, 0.3) is 0 Å². The van der Waals surface area contributed by atoms with Gasteiger partial charge in [0.15, 0.2) is 0 Å². The molecule has 0 spiro atoms. The second kappa shape index (κ2) is 7.14. The van der Waals surface area contributed by atoms with Crippen molar-refractivity contribution in [2.24, 2.45) is 0 Å². The molecule has 1 amide bonds. The molecule has 18 heavy (non-hydrogen) atoms. The lowest BCUT2D eigenvalue weighted by atomic mass is 10.1. The van der Waals surface area contributed by atoms with Crippen molar-refractivity contribution in [2.45, 2.75) is 19.4 Å². The summed E-state index contributed by atoms with van der Waals surface area (Å²) in [4.78, 5) is 13.8. The van der Waals surface area contributed by atoms with Crippen LogP contribution in [-0.4, -0.2) is 35.9 Å². The quantitative estimate of drug-likeness (QED) is 0.816. The summed E-state index contributed by atoms with van der Waals surface area (Å²) >= 11 is 4.83. The third-order valence-corrected chi connectivity index (χ3v) is 4.16. The molecule has 0 fully saturated rings. The average Bonchev–Trinajstić information content (AvgIpc) is 2.37. The molecule has 0 heterocycles. The van der Waals surface area contributed by atoms with E-state index in [0.29, 0.717) is 4.47 Å². The van der Waals surface area contributed by atoms with E-state index < -0.39 is 5.82 Å². The van der Waals surface area contributed by atoms with Gasteiger partial charge in [0.2, 0.25) is 0 Å². The van der Waals surface area contributed by atoms with Crippen molar-refractivity contribution in [3.8, 4) is 0 Å². The Morgan fingerprint density at radius 1 is 1.56 bits per heavy atom. The number of amides is 1. The fourth-order valence-electron chi connectivity index (χ4n) is 1.54. The van der Waals surface area contributed by atoms with Gasteiger partial charge in [0.25, 0.3) is 5.91 Å². The molecule has 1 rings (SSSR count). The van der Waals surface area contributed by atoms with Gasteiger partial charge in [-0.05, 0) is 53.4 Å². The van der Waals surface area contributed by atoms with Gasteiger partial charge in [-0.1, -0.05) is 6.07 Å². The van der Waals surface area contributed by atoms with E-state index in [-0.39, 0.29) is 17.5 Å². The van der Waals surface area contributed by atoms with Crippen LogP contribution < -0.4 is 0 Å². The minimum atomic E-state index is -0.494. The zero-order valence-corrected chi connectivity index (χ0v) is 13.1. The van der Waals surface area contributed by atoms with Crippen LogP contribution in [0, 0.1) is 5.82 Å². The van der Waals surface area contributed by atoms with Crippen molar-refractivity contribution < 1.29 is 9.18 Å². The summed E-state index contributed by atoms with van der Waals surface area (Å²) in [7, 11) is 1.72. The highest BCUT2D eigenvalue weighted by Gasteiger charge is 2.21. The Hall–Kier alpha value is -0.550. The van der Waals surface area contributed by atoms with Crippen LogP contribution in [0.3, 0.4) is 0 Å². The second-order valence-electron chi connectivity index (χ2n) is 4.15. The lowest BCUT2D eigenvalue weighted by molar-refractivity contribution is 0.0736. The Morgan fingerprint density at radius 2 is 2.22 bits per heavy atom. The highest BCUT2D eigenvalue weighted by atomic mass is 79.9. The van der Waals surface area contributed by atoms with E-state index in [2.05, 4.69) is 15.9 Å². The SMILES string of the molecule is CSCCC(C)N(C)C(=O)c1cccc(Br)c1F. The van der Waals surface area contributed by atoms with Gasteiger partial charge in [-0.25, -0.2) is 4.39 Å². The van der Waals surface area contributed by atoms with Gasteiger partial charge in [0.1, 0.15) is 5.82 Å². The first-order chi connectivity index (χ1) is 8.49. The number of halogens is 2. The average molecular weight is 334 g/mol. The summed E-state index contributed by atoms with van der Waals surface area (Å²) in [6.45, 7) is 1.98. The molecule has 0 N–H and O–H groups in total. The molecule has 0 aliphatic rings. The number of benzene rings is 1. The number of rotatable bonds is 5. The molecule has 5 heteroatoms. The minimum Gasteiger partial charge on any atom is -0.339 e. The maximum absolute atomic E-state index is 13.8. The van der Waals surface area contributed by atoms with E-state index in [0.717, 1.165) is 12.2 Å². The van der Waals surface area contributed by atoms with Gasteiger partial charge in [-0.15, -0.1) is 0 Å². The zero-order valence-electron chi connectivity index (χ0n) is 10.7. The van der Waals surface area contributed by atoms with Crippen molar-refractivity contribution in [1.29, 1.82) is 0 Å². The first-order valence-corrected chi connectivity index (χ1v) is 7.87. The van der Waals surface area contributed by atoms with E-state index in [1.54, 1.807) is 35.8 Å². The summed E-state index contributed by atoms with van der Waals surface area (Å²) in [6, 6.07) is 4.87. The van der Waals surface area contributed by atoms with Gasteiger partial charge in [0, 0.05) is 13.1 Å². The van der Waals surface area contributed by atoms with Gasteiger partial charge >= 0.3 is 0 Å². The molecule has 0 saturated heterocycles. The van der Waals surface area contributed by atoms with Crippen molar-refractivity contribution in [3.05, 3.63) is 34.1 Å². The van der Waals surface area contributed by atoms with Gasteiger partial charge < -0.3 is 4.90 Å². The fourth-order valence-corrected chi connectivity index (χ4v) is 2.48. The maximum Gasteiger partial charge on any atom is 0.256 e. The number of nitrogens with zero attached hydrogens (tertiary/aromatic N) is 1. The number of thioether (sulfide) groups is 1. The Morgan fingerprint density at radius 3 is 2.83 bits per heavy atom. The van der Waals surface area contributed by atoms with E-state index in [9.17, 15) is 9.18 Å². The summed E-state index contributed by atoms with van der Waals surface area (Å²) in [6.07, 6.45) is 2.93. The van der Waals surface area contributed by atoms with E-state index in [4.69, 9.17) is 0 Å². The summed E-state index contributed by atoms with van der Waals surface area (Å²) < 4.78 is 14.1. The lowest BCUT2D eigenvalue weighted by Crippen LogP contribution is -2.36. The molecule has 0 bridgehead atoms. The maximum atomic E-state index is 13.8. The van der Waals surface area contributed by atoms with Crippen LogP contribution in [0.15, 0.2) is 22.7 Å². The molecular formula is C13H17BrFNOS. The molecule has 1 aromatic carbocycles. The number of hydrogen-bond acceptors (Lipinski definition) is 2. The standard InChI is InChI=1S/C13H17BrFNOS/c1-9(7-8-18-3)16(2)13(17)10-5-4-6-11(14)12(10)15/h4-6,9H,7-8H2,1-3H3. The predicted octanol–water partition coefficient (Wildman–Crippen LogP) is 3.80. The highest BCUT2D eigenvalue weighted by Crippen LogP contribution is 2.20. The van der Waals surface area contributed by atoms with Gasteiger partial charge in [0.05, 0.1) is 10.0 Å². The predicted molar refractivity (Wildman–Crippen MR) is 78.7 cm³/mol. The normalized spacial score (nSPS) is 12.3. The van der Waals surface area contributed by atoms with Crippen molar-refractivity contribution >= 4 is 33.6 Å². The monoisotopic (exact) mass is 333 g/mol. The molecule has 1 unspecified atom stereocenters. The van der Waals surface area contributed by atoms with Crippen molar-refractivity contribution in [3.63, 3.8) is 0 Å². The molecule has 1 atom stereocenters. The largest absolute Gasteiger partial charge is 0.339 e. The molecule has 0 aliphatic heterocycles. The van der Waals surface area contributed by atoms with E-state index in [1.165, 1.54) is 6.07 Å². The smallest absolute Gasteiger partial charge is 0.256 e. The zero-order chi connectivity index (χ0) is 13.7. The molecule has 0 aromatic heterocycles. The van der Waals surface area contributed by atoms with Crippen LogP contribution in [-0.2, 0) is 0 Å². The van der Waals surface area contributed by atoms with Crippen LogP contribution in [0.2, 0.25) is 0 Å². The lowest BCUT2D eigenvalue weighted by Gasteiger charge is -2.25. The summed E-state index contributed by atoms with van der Waals surface area (Å²) in [5.74, 6) is 0.216. The van der Waals surface area contributed by atoms with Crippen LogP contribution in [0.4, 0.5) is 4.39 Å². The Balaban J connectivity index is 2.83. The number of carbonyl (C=O) groups is 1. The van der Waals surface area contributed by atoms with Crippen molar-refractivity contribution in [2.75, 3.05) is 19.1 Å². The molecule has 0 aliphatic carbocycles. The third-order valence-electron chi connectivity index (χ3n) is 2.90. The van der Waals surface area contributed by atoms with Gasteiger partial charge in [-0.3, -0.25) is 4.79 Å². The topological polar surface area (TPSA) is 20.3 Å². The Labute approximate surface area is 120 Å². The molecule has 0 saturated carbocycles. The Bertz CT molecular complexity index is 427. The summed E-state index contributed by atoms with van der Waals surface area (Å²) in [5.41, 5.74) is 0.114. The van der Waals surface area contributed by atoms with Crippen LogP contribution in [0.5, 0.6) is 0 Å². The second-order valence-corrected chi connectivity index (χ2v) is 5.99. The molecule has 2 nitrogen and oxygen atoms in total. The molecule has 1 aromatic rings. The molecular weight excluding hydrogens is 317 g/mol. The number of hydrogen-bond donors (Lipinski definition) is 0. The minimum absolute atomic E-state index is 0.100. The van der Waals surface area contributed by atoms with E-state index >= 15 is 0 Å². The van der Waals surface area contributed by atoms with Crippen molar-refractivity contribution in [1.82, 2.24) is 4.90 Å². The third kappa shape index (κ3) is 3.72. The molecule has 100 valence electrons. The fraction of sp³-hybridized carbons (Fsp3) is 0.462. The van der Waals surface area contributed by atoms with E-state index in [1.807, 2.05) is 13.2 Å². The first-order valence-electron chi connectivity index (χ1n) is 5.69. The van der Waals surface area contributed by atoms with Crippen LogP contribution in [0.1, 0.15) is 23.7 Å². The summed E-state index contributed by atoms with van der Waals surface area (Å²) in [5, 5.41) is 0. The molecule has 0 radical (unpaired) electrons. The number of carbonyl (C=O) groups excluding carboxylic acids is 1. The van der Waals surface area contributed by atoms with Gasteiger partial charge in [-0.2, -0.15) is 11.8 Å². The first kappa shape index (κ1) is 15.5.